The monoisotopic (exact) mass is 490 g/mol. The highest BCUT2D eigenvalue weighted by atomic mass is 79.9. The van der Waals surface area contributed by atoms with E-state index in [0.29, 0.717) is 35.1 Å². The highest BCUT2D eigenvalue weighted by Gasteiger charge is 2.33. The number of amides is 1. The van der Waals surface area contributed by atoms with Crippen LogP contribution in [0.4, 0.5) is 5.69 Å². The van der Waals surface area contributed by atoms with E-state index < -0.39 is 15.9 Å². The van der Waals surface area contributed by atoms with Crippen molar-refractivity contribution < 1.29 is 13.2 Å². The summed E-state index contributed by atoms with van der Waals surface area (Å²) in [7, 11) is -3.65. The van der Waals surface area contributed by atoms with Gasteiger partial charge in [0.25, 0.3) is 0 Å². The second-order valence-electron chi connectivity index (χ2n) is 6.24. The van der Waals surface area contributed by atoms with Crippen LogP contribution < -0.4 is 5.32 Å². The molecule has 1 heterocycles. The summed E-state index contributed by atoms with van der Waals surface area (Å²) in [6, 6.07) is 11.4. The summed E-state index contributed by atoms with van der Waals surface area (Å²) >= 11 is 15.5. The molecule has 2 aromatic carbocycles. The number of carbonyl (C=O) groups is 1. The van der Waals surface area contributed by atoms with E-state index in [-0.39, 0.29) is 17.3 Å². The molecule has 1 aliphatic rings. The van der Waals surface area contributed by atoms with E-state index in [2.05, 4.69) is 21.2 Å². The van der Waals surface area contributed by atoms with Crippen LogP contribution in [0, 0.1) is 5.92 Å². The Morgan fingerprint density at radius 3 is 2.37 bits per heavy atom. The first-order valence-electron chi connectivity index (χ1n) is 8.29. The van der Waals surface area contributed by atoms with Gasteiger partial charge in [-0.25, -0.2) is 8.42 Å². The number of hydrogen-bond acceptors (Lipinski definition) is 3. The minimum Gasteiger partial charge on any atom is -0.323 e. The van der Waals surface area contributed by atoms with Crippen molar-refractivity contribution in [3.8, 4) is 0 Å². The molecule has 5 nitrogen and oxygen atoms in total. The number of para-hydroxylation sites is 1. The molecule has 1 amide bonds. The number of anilines is 1. The third-order valence-corrected chi connectivity index (χ3v) is 7.46. The molecule has 0 radical (unpaired) electrons. The van der Waals surface area contributed by atoms with E-state index in [9.17, 15) is 13.2 Å². The van der Waals surface area contributed by atoms with Gasteiger partial charge in [0, 0.05) is 17.6 Å². The zero-order valence-corrected chi connectivity index (χ0v) is 18.1. The third kappa shape index (κ3) is 4.66. The lowest BCUT2D eigenvalue weighted by atomic mass is 9.98. The fraction of sp³-hybridized carbons (Fsp3) is 0.278. The number of nitrogens with one attached hydrogen (secondary N) is 1. The van der Waals surface area contributed by atoms with Crippen molar-refractivity contribution in [1.29, 1.82) is 0 Å². The minimum atomic E-state index is -3.65. The van der Waals surface area contributed by atoms with Crippen molar-refractivity contribution >= 4 is 60.7 Å². The van der Waals surface area contributed by atoms with Gasteiger partial charge in [0.2, 0.25) is 15.9 Å². The second kappa shape index (κ2) is 8.49. The van der Waals surface area contributed by atoms with E-state index in [4.69, 9.17) is 23.2 Å². The molecule has 0 bridgehead atoms. The summed E-state index contributed by atoms with van der Waals surface area (Å²) in [5.41, 5.74) is 0.346. The van der Waals surface area contributed by atoms with Gasteiger partial charge in [0.05, 0.1) is 26.5 Å². The van der Waals surface area contributed by atoms with Crippen LogP contribution in [0.2, 0.25) is 10.0 Å². The van der Waals surface area contributed by atoms with Crippen molar-refractivity contribution in [2.45, 2.75) is 17.7 Å². The van der Waals surface area contributed by atoms with Crippen LogP contribution in [0.1, 0.15) is 12.8 Å². The van der Waals surface area contributed by atoms with Crippen LogP contribution >= 0.6 is 39.1 Å². The van der Waals surface area contributed by atoms with Crippen molar-refractivity contribution in [2.75, 3.05) is 18.4 Å². The van der Waals surface area contributed by atoms with Crippen molar-refractivity contribution in [3.63, 3.8) is 0 Å². The zero-order valence-electron chi connectivity index (χ0n) is 14.2. The smallest absolute Gasteiger partial charge is 0.243 e. The summed E-state index contributed by atoms with van der Waals surface area (Å²) in [6.45, 7) is 0.501. The largest absolute Gasteiger partial charge is 0.323 e. The molecule has 1 aliphatic heterocycles. The van der Waals surface area contributed by atoms with E-state index in [1.54, 1.807) is 42.5 Å². The average Bonchev–Trinajstić information content (AvgIpc) is 2.65. The Balaban J connectivity index is 1.75. The molecule has 2 aromatic rings. The molecule has 27 heavy (non-hydrogen) atoms. The molecule has 1 N–H and O–H groups in total. The first kappa shape index (κ1) is 20.6. The SMILES string of the molecule is O=C(Nc1c(Cl)cccc1Cl)C1CCCN(S(=O)(=O)c2ccc(Br)cc2)C1. The number of carbonyl (C=O) groups excluding carboxylic acids is 1. The predicted octanol–water partition coefficient (Wildman–Crippen LogP) is 4.80. The fourth-order valence-corrected chi connectivity index (χ4v) is 5.25. The van der Waals surface area contributed by atoms with Crippen LogP contribution in [0.15, 0.2) is 51.8 Å². The van der Waals surface area contributed by atoms with Gasteiger partial charge in [0.15, 0.2) is 0 Å². The maximum atomic E-state index is 12.9. The molecule has 144 valence electrons. The van der Waals surface area contributed by atoms with Gasteiger partial charge in [0.1, 0.15) is 0 Å². The number of rotatable bonds is 4. The maximum Gasteiger partial charge on any atom is 0.243 e. The highest BCUT2D eigenvalue weighted by molar-refractivity contribution is 9.10. The number of piperidine rings is 1. The Labute approximate surface area is 176 Å². The molecule has 0 aliphatic carbocycles. The van der Waals surface area contributed by atoms with E-state index >= 15 is 0 Å². The van der Waals surface area contributed by atoms with Gasteiger partial charge in [-0.3, -0.25) is 4.79 Å². The normalized spacial score (nSPS) is 18.3. The summed E-state index contributed by atoms with van der Waals surface area (Å²) in [4.78, 5) is 12.9. The Morgan fingerprint density at radius 2 is 1.74 bits per heavy atom. The Bertz CT molecular complexity index is 931. The number of halogens is 3. The maximum absolute atomic E-state index is 12.9. The molecular formula is C18H17BrCl2N2O3S. The summed E-state index contributed by atoms with van der Waals surface area (Å²) in [6.07, 6.45) is 1.20. The van der Waals surface area contributed by atoms with Crippen molar-refractivity contribution in [3.05, 3.63) is 57.0 Å². The Kier molecular flexibility index (Phi) is 6.48. The lowest BCUT2D eigenvalue weighted by Gasteiger charge is -2.31. The topological polar surface area (TPSA) is 66.5 Å². The Morgan fingerprint density at radius 1 is 1.11 bits per heavy atom. The Hall–Kier alpha value is -1.12. The molecule has 0 spiro atoms. The van der Waals surface area contributed by atoms with Crippen LogP contribution in [0.5, 0.6) is 0 Å². The lowest BCUT2D eigenvalue weighted by Crippen LogP contribution is -2.43. The molecule has 9 heteroatoms. The second-order valence-corrected chi connectivity index (χ2v) is 9.91. The van der Waals surface area contributed by atoms with Gasteiger partial charge < -0.3 is 5.32 Å². The molecule has 0 aromatic heterocycles. The van der Waals surface area contributed by atoms with Crippen LogP contribution in [-0.4, -0.2) is 31.7 Å². The zero-order chi connectivity index (χ0) is 19.6. The molecular weight excluding hydrogens is 475 g/mol. The van der Waals surface area contributed by atoms with E-state index in [0.717, 1.165) is 4.47 Å². The third-order valence-electron chi connectivity index (χ3n) is 4.42. The number of benzene rings is 2. The quantitative estimate of drug-likeness (QED) is 0.668. The molecule has 0 saturated carbocycles. The summed E-state index contributed by atoms with van der Waals surface area (Å²) in [5.74, 6) is -0.767. The summed E-state index contributed by atoms with van der Waals surface area (Å²) < 4.78 is 27.9. The van der Waals surface area contributed by atoms with E-state index in [1.807, 2.05) is 0 Å². The first-order chi connectivity index (χ1) is 12.8. The van der Waals surface area contributed by atoms with Gasteiger partial charge in [-0.1, -0.05) is 45.2 Å². The molecule has 1 atom stereocenters. The van der Waals surface area contributed by atoms with Crippen molar-refractivity contribution in [2.24, 2.45) is 5.92 Å². The van der Waals surface area contributed by atoms with E-state index in [1.165, 1.54) is 4.31 Å². The number of sulfonamides is 1. The predicted molar refractivity (Wildman–Crippen MR) is 111 cm³/mol. The van der Waals surface area contributed by atoms with Crippen LogP contribution in [0.25, 0.3) is 0 Å². The summed E-state index contributed by atoms with van der Waals surface area (Å²) in [5, 5.41) is 3.41. The number of hydrogen-bond donors (Lipinski definition) is 1. The lowest BCUT2D eigenvalue weighted by molar-refractivity contribution is -0.120. The van der Waals surface area contributed by atoms with Gasteiger partial charge in [-0.05, 0) is 49.2 Å². The molecule has 3 rings (SSSR count). The highest BCUT2D eigenvalue weighted by Crippen LogP contribution is 2.31. The molecule has 1 saturated heterocycles. The molecule has 1 unspecified atom stereocenters. The van der Waals surface area contributed by atoms with Crippen molar-refractivity contribution in [1.82, 2.24) is 4.31 Å². The van der Waals surface area contributed by atoms with Crippen LogP contribution in [-0.2, 0) is 14.8 Å². The fourth-order valence-electron chi connectivity index (χ4n) is 2.97. The molecule has 1 fully saturated rings. The standard InChI is InChI=1S/C18H17BrCl2N2O3S/c19-13-6-8-14(9-7-13)27(25,26)23-10-2-3-12(11-23)18(24)22-17-15(20)4-1-5-16(17)21/h1,4-9,12H,2-3,10-11H2,(H,22,24). The first-order valence-corrected chi connectivity index (χ1v) is 11.3. The van der Waals surface area contributed by atoms with Crippen LogP contribution in [0.3, 0.4) is 0 Å². The number of nitrogens with zero attached hydrogens (tertiary/aromatic N) is 1. The van der Waals surface area contributed by atoms with Gasteiger partial charge in [-0.15, -0.1) is 0 Å². The minimum absolute atomic E-state index is 0.117. The average molecular weight is 492 g/mol. The van der Waals surface area contributed by atoms with Gasteiger partial charge >= 0.3 is 0 Å². The van der Waals surface area contributed by atoms with Gasteiger partial charge in [-0.2, -0.15) is 4.31 Å².